The van der Waals surface area contributed by atoms with Gasteiger partial charge in [-0.25, -0.2) is 17.2 Å². The first-order chi connectivity index (χ1) is 9.87. The lowest BCUT2D eigenvalue weighted by Gasteiger charge is -2.22. The molecule has 1 saturated carbocycles. The minimum Gasteiger partial charge on any atom is -0.396 e. The SMILES string of the molecule is Cc1cc(F)c(S(=O)(=O)N(CCCCO)C2CC2)cc1F. The number of sulfonamides is 1. The largest absolute Gasteiger partial charge is 0.396 e. The van der Waals surface area contributed by atoms with E-state index in [0.29, 0.717) is 12.8 Å². The highest BCUT2D eigenvalue weighted by molar-refractivity contribution is 7.89. The van der Waals surface area contributed by atoms with Crippen LogP contribution in [0.2, 0.25) is 0 Å². The Morgan fingerprint density at radius 1 is 1.24 bits per heavy atom. The number of unbranched alkanes of at least 4 members (excludes halogenated alkanes) is 1. The molecule has 0 saturated heterocycles. The van der Waals surface area contributed by atoms with E-state index in [0.717, 1.165) is 25.0 Å². The number of aliphatic hydroxyl groups excluding tert-OH is 1. The molecular formula is C14H19F2NO3S. The molecule has 118 valence electrons. The zero-order chi connectivity index (χ0) is 15.6. The van der Waals surface area contributed by atoms with Crippen LogP contribution in [0, 0.1) is 18.6 Å². The van der Waals surface area contributed by atoms with Crippen LogP contribution in [-0.2, 0) is 10.0 Å². The van der Waals surface area contributed by atoms with Gasteiger partial charge in [-0.3, -0.25) is 0 Å². The van der Waals surface area contributed by atoms with Crippen molar-refractivity contribution < 1.29 is 22.3 Å². The summed E-state index contributed by atoms with van der Waals surface area (Å²) in [6.07, 6.45) is 2.42. The molecule has 2 rings (SSSR count). The van der Waals surface area contributed by atoms with E-state index in [-0.39, 0.29) is 24.8 Å². The Kier molecular flexibility index (Phi) is 4.95. The quantitative estimate of drug-likeness (QED) is 0.784. The highest BCUT2D eigenvalue weighted by Gasteiger charge is 2.39. The predicted octanol–water partition coefficient (Wildman–Crippen LogP) is 2.20. The predicted molar refractivity (Wildman–Crippen MR) is 74.3 cm³/mol. The fraction of sp³-hybridized carbons (Fsp3) is 0.571. The van der Waals surface area contributed by atoms with Gasteiger partial charge in [0.1, 0.15) is 16.5 Å². The first kappa shape index (κ1) is 16.3. The van der Waals surface area contributed by atoms with Crippen LogP contribution in [0.3, 0.4) is 0 Å². The summed E-state index contributed by atoms with van der Waals surface area (Å²) in [7, 11) is -4.05. The van der Waals surface area contributed by atoms with Gasteiger partial charge in [-0.15, -0.1) is 0 Å². The van der Waals surface area contributed by atoms with E-state index in [1.807, 2.05) is 0 Å². The Labute approximate surface area is 123 Å². The lowest BCUT2D eigenvalue weighted by molar-refractivity contribution is 0.275. The van der Waals surface area contributed by atoms with E-state index >= 15 is 0 Å². The van der Waals surface area contributed by atoms with Crippen molar-refractivity contribution in [2.45, 2.75) is 43.5 Å². The Bertz CT molecular complexity index is 615. The minimum absolute atomic E-state index is 0.0218. The molecule has 0 bridgehead atoms. The molecule has 1 aliphatic rings. The van der Waals surface area contributed by atoms with E-state index in [1.54, 1.807) is 0 Å². The van der Waals surface area contributed by atoms with Gasteiger partial charge in [0.15, 0.2) is 0 Å². The summed E-state index contributed by atoms with van der Waals surface area (Å²) in [6, 6.07) is 1.51. The average molecular weight is 319 g/mol. The normalized spacial score (nSPS) is 15.7. The molecule has 0 atom stereocenters. The molecule has 1 fully saturated rings. The van der Waals surface area contributed by atoms with Crippen molar-refractivity contribution in [3.8, 4) is 0 Å². The van der Waals surface area contributed by atoms with Gasteiger partial charge in [0, 0.05) is 19.2 Å². The lowest BCUT2D eigenvalue weighted by atomic mass is 10.2. The number of hydrogen-bond donors (Lipinski definition) is 1. The van der Waals surface area contributed by atoms with Crippen molar-refractivity contribution in [1.82, 2.24) is 4.31 Å². The van der Waals surface area contributed by atoms with Crippen molar-refractivity contribution in [3.63, 3.8) is 0 Å². The van der Waals surface area contributed by atoms with E-state index in [1.165, 1.54) is 11.2 Å². The number of halogens is 2. The van der Waals surface area contributed by atoms with Crippen LogP contribution in [0.4, 0.5) is 8.78 Å². The zero-order valence-electron chi connectivity index (χ0n) is 11.8. The highest BCUT2D eigenvalue weighted by atomic mass is 32.2. The van der Waals surface area contributed by atoms with Crippen molar-refractivity contribution in [1.29, 1.82) is 0 Å². The van der Waals surface area contributed by atoms with E-state index in [4.69, 9.17) is 5.11 Å². The first-order valence-electron chi connectivity index (χ1n) is 6.96. The van der Waals surface area contributed by atoms with Crippen LogP contribution >= 0.6 is 0 Å². The van der Waals surface area contributed by atoms with Crippen molar-refractivity contribution in [3.05, 3.63) is 29.3 Å². The maximum absolute atomic E-state index is 13.9. The molecule has 1 N–H and O–H groups in total. The summed E-state index contributed by atoms with van der Waals surface area (Å²) in [5.41, 5.74) is 0.0738. The Hall–Kier alpha value is -1.05. The molecule has 0 aromatic heterocycles. The summed E-state index contributed by atoms with van der Waals surface area (Å²) in [6.45, 7) is 1.57. The molecule has 0 spiro atoms. The molecule has 0 radical (unpaired) electrons. The first-order valence-corrected chi connectivity index (χ1v) is 8.40. The molecule has 1 aromatic rings. The monoisotopic (exact) mass is 319 g/mol. The Balaban J connectivity index is 2.32. The zero-order valence-corrected chi connectivity index (χ0v) is 12.7. The Morgan fingerprint density at radius 3 is 2.48 bits per heavy atom. The second kappa shape index (κ2) is 6.37. The van der Waals surface area contributed by atoms with Crippen LogP contribution in [0.5, 0.6) is 0 Å². The molecule has 1 aliphatic carbocycles. The van der Waals surface area contributed by atoms with E-state index < -0.39 is 26.6 Å². The topological polar surface area (TPSA) is 57.6 Å². The second-order valence-corrected chi connectivity index (χ2v) is 7.17. The highest BCUT2D eigenvalue weighted by Crippen LogP contribution is 2.33. The van der Waals surface area contributed by atoms with Crippen molar-refractivity contribution in [2.75, 3.05) is 13.2 Å². The molecule has 0 amide bonds. The fourth-order valence-corrected chi connectivity index (χ4v) is 3.98. The molecule has 7 heteroatoms. The molecule has 0 heterocycles. The fourth-order valence-electron chi connectivity index (χ4n) is 2.19. The summed E-state index contributed by atoms with van der Waals surface area (Å²) in [4.78, 5) is -0.610. The van der Waals surface area contributed by atoms with Gasteiger partial charge in [0.2, 0.25) is 10.0 Å². The standard InChI is InChI=1S/C14H19F2NO3S/c1-10-8-13(16)14(9-12(10)15)21(19,20)17(11-4-5-11)6-2-3-7-18/h8-9,11,18H,2-7H2,1H3. The molecule has 0 aliphatic heterocycles. The summed E-state index contributed by atoms with van der Waals surface area (Å²) < 4.78 is 53.9. The number of rotatable bonds is 7. The van der Waals surface area contributed by atoms with Crippen LogP contribution in [0.1, 0.15) is 31.2 Å². The summed E-state index contributed by atoms with van der Waals surface area (Å²) >= 11 is 0. The van der Waals surface area contributed by atoms with Gasteiger partial charge in [-0.05, 0) is 50.3 Å². The summed E-state index contributed by atoms with van der Waals surface area (Å²) in [5, 5.41) is 8.79. The summed E-state index contributed by atoms with van der Waals surface area (Å²) in [5.74, 6) is -1.66. The van der Waals surface area contributed by atoms with Crippen LogP contribution in [0.25, 0.3) is 0 Å². The third-order valence-corrected chi connectivity index (χ3v) is 5.51. The van der Waals surface area contributed by atoms with Crippen LogP contribution in [0.15, 0.2) is 17.0 Å². The Morgan fingerprint density at radius 2 is 1.90 bits per heavy atom. The average Bonchev–Trinajstić information content (AvgIpc) is 3.23. The van der Waals surface area contributed by atoms with Crippen molar-refractivity contribution in [2.24, 2.45) is 0 Å². The maximum atomic E-state index is 13.9. The van der Waals surface area contributed by atoms with Gasteiger partial charge in [0.05, 0.1) is 0 Å². The number of nitrogens with zero attached hydrogens (tertiary/aromatic N) is 1. The smallest absolute Gasteiger partial charge is 0.246 e. The van der Waals surface area contributed by atoms with Gasteiger partial charge in [0.25, 0.3) is 0 Å². The lowest BCUT2D eigenvalue weighted by Crippen LogP contribution is -2.34. The van der Waals surface area contributed by atoms with E-state index in [2.05, 4.69) is 0 Å². The molecule has 1 aromatic carbocycles. The number of hydrogen-bond acceptors (Lipinski definition) is 3. The van der Waals surface area contributed by atoms with Crippen LogP contribution < -0.4 is 0 Å². The minimum atomic E-state index is -4.05. The number of benzene rings is 1. The van der Waals surface area contributed by atoms with E-state index in [9.17, 15) is 17.2 Å². The number of aliphatic hydroxyl groups is 1. The third kappa shape index (κ3) is 3.59. The third-order valence-electron chi connectivity index (χ3n) is 3.54. The van der Waals surface area contributed by atoms with Gasteiger partial charge in [-0.1, -0.05) is 0 Å². The molecule has 4 nitrogen and oxygen atoms in total. The number of aryl methyl sites for hydroxylation is 1. The molecular weight excluding hydrogens is 300 g/mol. The van der Waals surface area contributed by atoms with Gasteiger partial charge >= 0.3 is 0 Å². The maximum Gasteiger partial charge on any atom is 0.246 e. The second-order valence-electron chi connectivity index (χ2n) is 5.31. The van der Waals surface area contributed by atoms with Crippen molar-refractivity contribution >= 4 is 10.0 Å². The molecule has 21 heavy (non-hydrogen) atoms. The van der Waals surface area contributed by atoms with Gasteiger partial charge < -0.3 is 5.11 Å². The van der Waals surface area contributed by atoms with Crippen LogP contribution in [-0.4, -0.2) is 37.0 Å². The molecule has 0 unspecified atom stereocenters. The van der Waals surface area contributed by atoms with Gasteiger partial charge in [-0.2, -0.15) is 4.31 Å².